The maximum atomic E-state index is 13.9. The van der Waals surface area contributed by atoms with E-state index in [0.717, 1.165) is 6.07 Å². The average Bonchev–Trinajstić information content (AvgIpc) is 2.91. The average molecular weight is 278 g/mol. The van der Waals surface area contributed by atoms with Crippen molar-refractivity contribution in [2.45, 2.75) is 6.92 Å². The molecule has 1 heterocycles. The van der Waals surface area contributed by atoms with Crippen molar-refractivity contribution in [1.29, 1.82) is 0 Å². The summed E-state index contributed by atoms with van der Waals surface area (Å²) in [5.41, 5.74) is 0.344. The van der Waals surface area contributed by atoms with Crippen molar-refractivity contribution in [3.05, 3.63) is 36.7 Å². The molecule has 20 heavy (non-hydrogen) atoms. The second-order valence-corrected chi connectivity index (χ2v) is 4.06. The van der Waals surface area contributed by atoms with Gasteiger partial charge in [-0.3, -0.25) is 9.59 Å². The van der Waals surface area contributed by atoms with Gasteiger partial charge in [0, 0.05) is 5.69 Å². The first-order chi connectivity index (χ1) is 9.49. The molecule has 2 aromatic rings. The Labute approximate surface area is 113 Å². The third-order valence-electron chi connectivity index (χ3n) is 2.64. The van der Waals surface area contributed by atoms with E-state index in [1.54, 1.807) is 0 Å². The lowest BCUT2D eigenvalue weighted by Crippen LogP contribution is -2.26. The number of halogens is 1. The highest BCUT2D eigenvalue weighted by atomic mass is 19.1. The lowest BCUT2D eigenvalue weighted by molar-refractivity contribution is -0.144. The van der Waals surface area contributed by atoms with Crippen LogP contribution in [0.1, 0.15) is 6.92 Å². The third kappa shape index (κ3) is 2.79. The molecular formula is C12H11FN4O3. The van der Waals surface area contributed by atoms with Crippen LogP contribution in [0.15, 0.2) is 30.9 Å². The summed E-state index contributed by atoms with van der Waals surface area (Å²) in [6, 6.07) is 3.95. The standard InChI is InChI=1S/C12H11FN4O3/c1-7(12(19)20)11(18)16-8-2-3-10(9(13)4-8)17-6-14-5-15-17/h2-7H,1H3,(H,16,18)(H,19,20). The van der Waals surface area contributed by atoms with Gasteiger partial charge in [-0.05, 0) is 25.1 Å². The van der Waals surface area contributed by atoms with Gasteiger partial charge in [-0.2, -0.15) is 5.10 Å². The molecule has 0 saturated carbocycles. The van der Waals surface area contributed by atoms with E-state index in [1.165, 1.54) is 36.4 Å². The highest BCUT2D eigenvalue weighted by Gasteiger charge is 2.20. The number of amides is 1. The normalized spacial score (nSPS) is 11.9. The molecule has 1 atom stereocenters. The fraction of sp³-hybridized carbons (Fsp3) is 0.167. The minimum Gasteiger partial charge on any atom is -0.481 e. The van der Waals surface area contributed by atoms with Crippen LogP contribution in [0.25, 0.3) is 5.69 Å². The monoisotopic (exact) mass is 278 g/mol. The zero-order chi connectivity index (χ0) is 14.7. The van der Waals surface area contributed by atoms with Crippen molar-refractivity contribution in [1.82, 2.24) is 14.8 Å². The minimum atomic E-state index is -1.25. The molecule has 0 spiro atoms. The Morgan fingerprint density at radius 3 is 2.75 bits per heavy atom. The maximum absolute atomic E-state index is 13.9. The van der Waals surface area contributed by atoms with Gasteiger partial charge in [0.25, 0.3) is 0 Å². The van der Waals surface area contributed by atoms with Gasteiger partial charge in [-0.15, -0.1) is 0 Å². The molecule has 2 rings (SSSR count). The number of hydrogen-bond acceptors (Lipinski definition) is 4. The number of carbonyl (C=O) groups is 2. The van der Waals surface area contributed by atoms with E-state index >= 15 is 0 Å². The predicted molar refractivity (Wildman–Crippen MR) is 66.7 cm³/mol. The van der Waals surface area contributed by atoms with Crippen LogP contribution in [0.2, 0.25) is 0 Å². The Balaban J connectivity index is 2.18. The number of nitrogens with zero attached hydrogens (tertiary/aromatic N) is 3. The fourth-order valence-corrected chi connectivity index (χ4v) is 1.47. The molecule has 0 fully saturated rings. The molecular weight excluding hydrogens is 267 g/mol. The first-order valence-electron chi connectivity index (χ1n) is 5.67. The van der Waals surface area contributed by atoms with E-state index in [0.29, 0.717) is 0 Å². The fourth-order valence-electron chi connectivity index (χ4n) is 1.47. The Morgan fingerprint density at radius 1 is 1.45 bits per heavy atom. The molecule has 2 N–H and O–H groups in total. The van der Waals surface area contributed by atoms with Gasteiger partial charge in [0.15, 0.2) is 5.82 Å². The van der Waals surface area contributed by atoms with Crippen molar-refractivity contribution in [2.75, 3.05) is 5.32 Å². The van der Waals surface area contributed by atoms with Crippen molar-refractivity contribution < 1.29 is 19.1 Å². The summed E-state index contributed by atoms with van der Waals surface area (Å²) >= 11 is 0. The molecule has 1 amide bonds. The number of nitrogens with one attached hydrogen (secondary N) is 1. The molecule has 1 aromatic heterocycles. The SMILES string of the molecule is CC(C(=O)O)C(=O)Nc1ccc(-n2cncn2)c(F)c1. The summed E-state index contributed by atoms with van der Waals surface area (Å²) in [7, 11) is 0. The summed E-state index contributed by atoms with van der Waals surface area (Å²) in [6.45, 7) is 1.25. The molecule has 0 bridgehead atoms. The summed E-state index contributed by atoms with van der Waals surface area (Å²) in [6.07, 6.45) is 2.60. The van der Waals surface area contributed by atoms with Crippen molar-refractivity contribution >= 4 is 17.6 Å². The number of benzene rings is 1. The zero-order valence-electron chi connectivity index (χ0n) is 10.4. The quantitative estimate of drug-likeness (QED) is 0.815. The van der Waals surface area contributed by atoms with Crippen molar-refractivity contribution in [2.24, 2.45) is 5.92 Å². The molecule has 0 radical (unpaired) electrons. The lowest BCUT2D eigenvalue weighted by Gasteiger charge is -2.09. The Bertz CT molecular complexity index is 642. The summed E-state index contributed by atoms with van der Waals surface area (Å²) in [5, 5.41) is 14.8. The Morgan fingerprint density at radius 2 is 2.20 bits per heavy atom. The van der Waals surface area contributed by atoms with Crippen LogP contribution in [0.3, 0.4) is 0 Å². The molecule has 0 aliphatic rings. The van der Waals surface area contributed by atoms with Crippen LogP contribution in [-0.4, -0.2) is 31.7 Å². The number of hydrogen-bond donors (Lipinski definition) is 2. The molecule has 104 valence electrons. The van der Waals surface area contributed by atoms with E-state index in [1.807, 2.05) is 0 Å². The number of aliphatic carboxylic acids is 1. The van der Waals surface area contributed by atoms with Gasteiger partial charge in [0.2, 0.25) is 5.91 Å². The molecule has 8 heteroatoms. The largest absolute Gasteiger partial charge is 0.481 e. The molecule has 1 aromatic carbocycles. The number of carbonyl (C=O) groups excluding carboxylic acids is 1. The van der Waals surface area contributed by atoms with E-state index < -0.39 is 23.6 Å². The van der Waals surface area contributed by atoms with Gasteiger partial charge < -0.3 is 10.4 Å². The second kappa shape index (κ2) is 5.47. The molecule has 0 saturated heterocycles. The van der Waals surface area contributed by atoms with Gasteiger partial charge in [-0.25, -0.2) is 14.1 Å². The van der Waals surface area contributed by atoms with Gasteiger partial charge in [-0.1, -0.05) is 0 Å². The maximum Gasteiger partial charge on any atom is 0.315 e. The van der Waals surface area contributed by atoms with E-state index in [2.05, 4.69) is 15.4 Å². The van der Waals surface area contributed by atoms with Crippen LogP contribution >= 0.6 is 0 Å². The summed E-state index contributed by atoms with van der Waals surface area (Å²) < 4.78 is 15.1. The van der Waals surface area contributed by atoms with Gasteiger partial charge in [0.05, 0.1) is 0 Å². The van der Waals surface area contributed by atoms with Gasteiger partial charge >= 0.3 is 5.97 Å². The zero-order valence-corrected chi connectivity index (χ0v) is 10.4. The second-order valence-electron chi connectivity index (χ2n) is 4.06. The molecule has 1 unspecified atom stereocenters. The highest BCUT2D eigenvalue weighted by molar-refractivity contribution is 6.03. The number of rotatable bonds is 4. The van der Waals surface area contributed by atoms with Crippen LogP contribution in [0.4, 0.5) is 10.1 Å². The third-order valence-corrected chi connectivity index (χ3v) is 2.64. The Kier molecular flexibility index (Phi) is 3.74. The van der Waals surface area contributed by atoms with Crippen LogP contribution < -0.4 is 5.32 Å². The Hall–Kier alpha value is -2.77. The van der Waals surface area contributed by atoms with E-state index in [4.69, 9.17) is 5.11 Å². The number of anilines is 1. The van der Waals surface area contributed by atoms with Crippen LogP contribution in [-0.2, 0) is 9.59 Å². The smallest absolute Gasteiger partial charge is 0.315 e. The van der Waals surface area contributed by atoms with E-state index in [-0.39, 0.29) is 11.4 Å². The van der Waals surface area contributed by atoms with Crippen LogP contribution in [0, 0.1) is 11.7 Å². The van der Waals surface area contributed by atoms with Gasteiger partial charge in [0.1, 0.15) is 24.3 Å². The van der Waals surface area contributed by atoms with Crippen LogP contribution in [0.5, 0.6) is 0 Å². The predicted octanol–water partition coefficient (Wildman–Crippen LogP) is 1.07. The van der Waals surface area contributed by atoms with E-state index in [9.17, 15) is 14.0 Å². The summed E-state index contributed by atoms with van der Waals surface area (Å²) in [4.78, 5) is 25.9. The first kappa shape index (κ1) is 13.7. The van der Waals surface area contributed by atoms with Crippen molar-refractivity contribution in [3.8, 4) is 5.69 Å². The lowest BCUT2D eigenvalue weighted by atomic mass is 10.1. The molecule has 0 aliphatic carbocycles. The first-order valence-corrected chi connectivity index (χ1v) is 5.67. The van der Waals surface area contributed by atoms with Crippen molar-refractivity contribution in [3.63, 3.8) is 0 Å². The molecule has 0 aliphatic heterocycles. The number of carboxylic acid groups (broad SMARTS) is 1. The number of carboxylic acids is 1. The highest BCUT2D eigenvalue weighted by Crippen LogP contribution is 2.18. The summed E-state index contributed by atoms with van der Waals surface area (Å²) in [5.74, 6) is -3.79. The molecule has 7 nitrogen and oxygen atoms in total. The minimum absolute atomic E-state index is 0.171. The number of aromatic nitrogens is 3. The topological polar surface area (TPSA) is 97.1 Å².